The van der Waals surface area contributed by atoms with Crippen molar-refractivity contribution in [3.8, 4) is 0 Å². The van der Waals surface area contributed by atoms with Gasteiger partial charge in [0.05, 0.1) is 19.2 Å². The Labute approximate surface area is 139 Å². The average Bonchev–Trinajstić information content (AvgIpc) is 2.92. The maximum absolute atomic E-state index is 11.1. The van der Waals surface area contributed by atoms with E-state index >= 15 is 0 Å². The summed E-state index contributed by atoms with van der Waals surface area (Å²) >= 11 is 1.66. The highest BCUT2D eigenvalue weighted by atomic mass is 32.2. The molecular weight excluding hydrogens is 331 g/mol. The van der Waals surface area contributed by atoms with E-state index in [0.29, 0.717) is 12.3 Å². The van der Waals surface area contributed by atoms with Gasteiger partial charge in [-0.25, -0.2) is 14.1 Å². The molecule has 2 aliphatic heterocycles. The molecular formula is C16H17N2O3PS. The highest BCUT2D eigenvalue weighted by Gasteiger charge is 2.41. The molecule has 1 aromatic carbocycles. The summed E-state index contributed by atoms with van der Waals surface area (Å²) in [6.45, 7) is 2.04. The molecule has 2 heterocycles. The van der Waals surface area contributed by atoms with Crippen LogP contribution in [0.3, 0.4) is 0 Å². The van der Waals surface area contributed by atoms with Gasteiger partial charge in [-0.3, -0.25) is 4.99 Å². The molecule has 0 aromatic heterocycles. The molecule has 2 unspecified atom stereocenters. The lowest BCUT2D eigenvalue weighted by molar-refractivity contribution is 0.371. The molecule has 0 saturated carbocycles. The number of aryl methyl sites for hydroxylation is 1. The van der Waals surface area contributed by atoms with Crippen molar-refractivity contribution in [2.75, 3.05) is 13.3 Å². The first-order chi connectivity index (χ1) is 11.1. The highest BCUT2D eigenvalue weighted by Crippen LogP contribution is 2.50. The third-order valence-corrected chi connectivity index (χ3v) is 5.90. The van der Waals surface area contributed by atoms with E-state index in [2.05, 4.69) is 34.3 Å². The van der Waals surface area contributed by atoms with Crippen molar-refractivity contribution in [1.82, 2.24) is 0 Å². The van der Waals surface area contributed by atoms with Gasteiger partial charge in [0.15, 0.2) is 5.90 Å². The van der Waals surface area contributed by atoms with Gasteiger partial charge in [-0.05, 0) is 24.5 Å². The van der Waals surface area contributed by atoms with Crippen LogP contribution in [0.4, 0.5) is 0 Å². The fourth-order valence-corrected chi connectivity index (χ4v) is 4.67. The van der Waals surface area contributed by atoms with Gasteiger partial charge in [0.2, 0.25) is 0 Å². The Kier molecular flexibility index (Phi) is 4.83. The van der Waals surface area contributed by atoms with Gasteiger partial charge in [-0.1, -0.05) is 41.6 Å². The second-order valence-electron chi connectivity index (χ2n) is 5.45. The summed E-state index contributed by atoms with van der Waals surface area (Å²) in [5, 5.41) is -0.0294. The average molecular weight is 348 g/mol. The largest absolute Gasteiger partial charge is 0.484 e. The number of thioether (sulfide) groups is 1. The smallest absolute Gasteiger partial charge is 0.316 e. The maximum Gasteiger partial charge on any atom is 0.316 e. The van der Waals surface area contributed by atoms with E-state index in [1.807, 2.05) is 6.92 Å². The van der Waals surface area contributed by atoms with Crippen LogP contribution in [0.25, 0.3) is 4.91 Å². The monoisotopic (exact) mass is 348 g/mol. The summed E-state index contributed by atoms with van der Waals surface area (Å²) in [6.07, 6.45) is 2.13. The Bertz CT molecular complexity index is 758. The van der Waals surface area contributed by atoms with Crippen LogP contribution in [-0.2, 0) is 13.9 Å². The Morgan fingerprint density at radius 1 is 1.26 bits per heavy atom. The fourth-order valence-electron chi connectivity index (χ4n) is 2.82. The molecule has 0 radical (unpaired) electrons. The van der Waals surface area contributed by atoms with Crippen LogP contribution in [0.15, 0.2) is 39.8 Å². The molecule has 1 aromatic rings. The van der Waals surface area contributed by atoms with Gasteiger partial charge in [-0.2, -0.15) is 0 Å². The molecule has 0 saturated heterocycles. The topological polar surface area (TPSA) is 68.1 Å². The molecule has 0 amide bonds. The molecule has 0 aliphatic carbocycles. The zero-order valence-electron chi connectivity index (χ0n) is 12.9. The Hall–Kier alpha value is -1.65. The van der Waals surface area contributed by atoms with Crippen molar-refractivity contribution in [3.63, 3.8) is 0 Å². The minimum atomic E-state index is -2.42. The number of rotatable bonds is 4. The molecule has 0 spiro atoms. The van der Waals surface area contributed by atoms with Crippen molar-refractivity contribution >= 4 is 36.6 Å². The van der Waals surface area contributed by atoms with Crippen molar-refractivity contribution in [2.24, 2.45) is 15.9 Å². The first-order valence-electron chi connectivity index (χ1n) is 7.32. The summed E-state index contributed by atoms with van der Waals surface area (Å²) in [5.74, 6) is 0.525. The second-order valence-corrected chi connectivity index (χ2v) is 7.69. The standard InChI is InChI=1S/C16H17N2O3PS/c1-10-3-5-11(6-4-10)14-12(7-8-22(19)20)13-15(21-2)17-9-18-16(13)23-14/h3-6,9,13,16H,7-8H2,1-2H3. The summed E-state index contributed by atoms with van der Waals surface area (Å²) < 4.78 is 27.5. The predicted octanol–water partition coefficient (Wildman–Crippen LogP) is 4.05. The number of hydrogen-bond acceptors (Lipinski definition) is 6. The van der Waals surface area contributed by atoms with Gasteiger partial charge in [0.1, 0.15) is 11.7 Å². The van der Waals surface area contributed by atoms with E-state index in [1.165, 1.54) is 11.9 Å². The Balaban J connectivity index is 2.03. The number of nitrogens with zero attached hydrogens (tertiary/aromatic N) is 2. The molecule has 5 nitrogen and oxygen atoms in total. The number of benzene rings is 1. The molecule has 120 valence electrons. The Morgan fingerprint density at radius 3 is 2.65 bits per heavy atom. The lowest BCUT2D eigenvalue weighted by Gasteiger charge is -2.21. The van der Waals surface area contributed by atoms with Crippen LogP contribution >= 0.6 is 19.4 Å². The van der Waals surface area contributed by atoms with Gasteiger partial charge in [-0.15, -0.1) is 0 Å². The number of methoxy groups -OCH3 is 1. The van der Waals surface area contributed by atoms with E-state index < -0.39 is 7.68 Å². The van der Waals surface area contributed by atoms with E-state index in [-0.39, 0.29) is 17.5 Å². The minimum absolute atomic E-state index is 0.0294. The summed E-state index contributed by atoms with van der Waals surface area (Å²) in [4.78, 5) is 9.75. The third kappa shape index (κ3) is 3.33. The van der Waals surface area contributed by atoms with Crippen LogP contribution in [0.5, 0.6) is 0 Å². The zero-order valence-corrected chi connectivity index (χ0v) is 14.6. The lowest BCUT2D eigenvalue weighted by Crippen LogP contribution is -2.28. The number of hydrogen-bond donors (Lipinski definition) is 0. The molecule has 0 bridgehead atoms. The van der Waals surface area contributed by atoms with Gasteiger partial charge < -0.3 is 4.74 Å². The van der Waals surface area contributed by atoms with Gasteiger partial charge in [0.25, 0.3) is 0 Å². The van der Waals surface area contributed by atoms with E-state index in [0.717, 1.165) is 16.0 Å². The van der Waals surface area contributed by atoms with Crippen molar-refractivity contribution < 1.29 is 13.9 Å². The van der Waals surface area contributed by atoms with Crippen molar-refractivity contribution in [2.45, 2.75) is 18.7 Å². The molecule has 0 N–H and O–H groups in total. The van der Waals surface area contributed by atoms with Crippen LogP contribution in [0.2, 0.25) is 0 Å². The second kappa shape index (κ2) is 6.85. The SMILES string of the molecule is COC1=NC=NC2SC(c3ccc(C)cc3)=C(CCP(=O)=O)C12. The first-order valence-corrected chi connectivity index (χ1v) is 9.56. The van der Waals surface area contributed by atoms with Crippen LogP contribution in [0.1, 0.15) is 17.5 Å². The number of fused-ring (bicyclic) bond motifs is 1. The summed E-state index contributed by atoms with van der Waals surface area (Å²) in [5.41, 5.74) is 3.34. The fraction of sp³-hybridized carbons (Fsp3) is 0.375. The van der Waals surface area contributed by atoms with E-state index in [1.54, 1.807) is 18.9 Å². The number of ether oxygens (including phenoxy) is 1. The van der Waals surface area contributed by atoms with Crippen LogP contribution < -0.4 is 0 Å². The third-order valence-electron chi connectivity index (χ3n) is 3.94. The van der Waals surface area contributed by atoms with Gasteiger partial charge >= 0.3 is 7.68 Å². The first kappa shape index (κ1) is 16.2. The van der Waals surface area contributed by atoms with Crippen LogP contribution in [0, 0.1) is 12.8 Å². The normalized spacial score (nSPS) is 22.8. The molecule has 2 atom stereocenters. The summed E-state index contributed by atoms with van der Waals surface area (Å²) in [7, 11) is -0.823. The molecule has 23 heavy (non-hydrogen) atoms. The van der Waals surface area contributed by atoms with Gasteiger partial charge in [0, 0.05) is 4.91 Å². The molecule has 0 fully saturated rings. The predicted molar refractivity (Wildman–Crippen MR) is 93.7 cm³/mol. The highest BCUT2D eigenvalue weighted by molar-refractivity contribution is 8.09. The quantitative estimate of drug-likeness (QED) is 0.770. The minimum Gasteiger partial charge on any atom is -0.484 e. The zero-order chi connectivity index (χ0) is 16.4. The van der Waals surface area contributed by atoms with E-state index in [4.69, 9.17) is 4.74 Å². The maximum atomic E-state index is 11.1. The molecule has 2 aliphatic rings. The molecule has 3 rings (SSSR count). The summed E-state index contributed by atoms with van der Waals surface area (Å²) in [6, 6.07) is 8.26. The van der Waals surface area contributed by atoms with E-state index in [9.17, 15) is 9.13 Å². The Morgan fingerprint density at radius 2 is 2.00 bits per heavy atom. The molecule has 7 heteroatoms. The van der Waals surface area contributed by atoms with Crippen molar-refractivity contribution in [3.05, 3.63) is 41.0 Å². The number of aliphatic imine (C=N–C) groups is 2. The lowest BCUT2D eigenvalue weighted by atomic mass is 9.93. The van der Waals surface area contributed by atoms with Crippen molar-refractivity contribution in [1.29, 1.82) is 0 Å². The van der Waals surface area contributed by atoms with Crippen LogP contribution in [-0.4, -0.2) is 30.9 Å².